The Morgan fingerprint density at radius 3 is 2.59 bits per heavy atom. The van der Waals surface area contributed by atoms with Gasteiger partial charge in [-0.1, -0.05) is 17.7 Å². The van der Waals surface area contributed by atoms with Crippen molar-refractivity contribution in [1.82, 2.24) is 19.9 Å². The molecule has 0 unspecified atom stereocenters. The fraction of sp³-hybridized carbons (Fsp3) is 0.250. The van der Waals surface area contributed by atoms with Crippen LogP contribution in [-0.4, -0.2) is 40.0 Å². The molecule has 0 amide bonds. The van der Waals surface area contributed by atoms with Crippen LogP contribution < -0.4 is 15.0 Å². The van der Waals surface area contributed by atoms with Gasteiger partial charge < -0.3 is 24.3 Å². The average molecular weight is 534 g/mol. The molecule has 0 aliphatic carbocycles. The van der Waals surface area contributed by atoms with E-state index in [1.165, 1.54) is 0 Å². The van der Waals surface area contributed by atoms with Crippen LogP contribution in [0.1, 0.15) is 34.7 Å². The van der Waals surface area contributed by atoms with Gasteiger partial charge in [0.05, 0.1) is 41.3 Å². The van der Waals surface area contributed by atoms with Crippen LogP contribution in [0.5, 0.6) is 5.75 Å². The number of thiocarbonyl (C=S) groups is 1. The van der Waals surface area contributed by atoms with Crippen molar-refractivity contribution in [2.45, 2.75) is 25.9 Å². The third-order valence-corrected chi connectivity index (χ3v) is 7.14. The maximum absolute atomic E-state index is 6.64. The van der Waals surface area contributed by atoms with Crippen molar-refractivity contribution in [3.05, 3.63) is 101 Å². The molecule has 9 heteroatoms. The van der Waals surface area contributed by atoms with Gasteiger partial charge in [-0.05, 0) is 80.2 Å². The normalized spacial score (nSPS) is 17.2. The summed E-state index contributed by atoms with van der Waals surface area (Å²) in [7, 11) is 1.64. The number of aryl methyl sites for hydroxylation is 1. The summed E-state index contributed by atoms with van der Waals surface area (Å²) in [4.78, 5) is 11.1. The molecule has 4 heterocycles. The van der Waals surface area contributed by atoms with Gasteiger partial charge in [0.2, 0.25) is 0 Å². The largest absolute Gasteiger partial charge is 0.490 e. The summed E-state index contributed by atoms with van der Waals surface area (Å²) in [5, 5.41) is 4.64. The number of rotatable bonds is 8. The lowest BCUT2D eigenvalue weighted by Gasteiger charge is -2.28. The molecule has 1 aliphatic rings. The van der Waals surface area contributed by atoms with E-state index in [1.54, 1.807) is 13.3 Å². The molecular formula is C28H28ClN5O2S. The highest BCUT2D eigenvalue weighted by atomic mass is 35.5. The van der Waals surface area contributed by atoms with E-state index in [0.29, 0.717) is 29.1 Å². The Labute approximate surface area is 227 Å². The summed E-state index contributed by atoms with van der Waals surface area (Å²) >= 11 is 12.5. The molecule has 1 N–H and O–H groups in total. The Kier molecular flexibility index (Phi) is 7.41. The molecule has 4 aromatic rings. The van der Waals surface area contributed by atoms with Crippen molar-refractivity contribution >= 4 is 34.6 Å². The smallest absolute Gasteiger partial charge is 0.174 e. The number of anilines is 1. The lowest BCUT2D eigenvalue weighted by atomic mass is 9.96. The quantitative estimate of drug-likeness (QED) is 0.229. The molecule has 1 fully saturated rings. The van der Waals surface area contributed by atoms with Crippen LogP contribution in [0.3, 0.4) is 0 Å². The fourth-order valence-electron chi connectivity index (χ4n) is 4.91. The SMILES string of the molecule is COCCOc1ccc(N2C(=S)N[C@@H](c3ccccn3)[C@@H]2c2cc(C)n(-c3cccnc3)c2C)cc1Cl. The standard InChI is InChI=1S/C28H28ClN5O2S/c1-18-15-22(19(2)33(18)21-7-6-11-30-17-21)27-26(24-8-4-5-12-31-24)32-28(37)34(27)20-9-10-25(23(29)16-20)36-14-13-35-3/h4-12,15-17,26-27H,13-14H2,1-3H3,(H,32,37)/t26-,27-/m0/s1. The van der Waals surface area contributed by atoms with Gasteiger partial charge in [-0.25, -0.2) is 0 Å². The number of pyridine rings is 2. The summed E-state index contributed by atoms with van der Waals surface area (Å²) in [5.41, 5.74) is 6.15. The third-order valence-electron chi connectivity index (χ3n) is 6.53. The van der Waals surface area contributed by atoms with Crippen LogP contribution in [0.25, 0.3) is 5.69 Å². The van der Waals surface area contributed by atoms with Gasteiger partial charge in [-0.15, -0.1) is 0 Å². The van der Waals surface area contributed by atoms with E-state index in [-0.39, 0.29) is 12.1 Å². The highest BCUT2D eigenvalue weighted by molar-refractivity contribution is 7.80. The van der Waals surface area contributed by atoms with E-state index < -0.39 is 0 Å². The number of methoxy groups -OCH3 is 1. The van der Waals surface area contributed by atoms with Crippen molar-refractivity contribution in [2.75, 3.05) is 25.2 Å². The monoisotopic (exact) mass is 533 g/mol. The molecular weight excluding hydrogens is 506 g/mol. The molecule has 1 aromatic carbocycles. The maximum Gasteiger partial charge on any atom is 0.174 e. The second kappa shape index (κ2) is 10.9. The lowest BCUT2D eigenvalue weighted by Crippen LogP contribution is -2.29. The molecule has 0 spiro atoms. The Bertz CT molecular complexity index is 1400. The van der Waals surface area contributed by atoms with Gasteiger partial charge in [0.15, 0.2) is 5.11 Å². The predicted octanol–water partition coefficient (Wildman–Crippen LogP) is 5.74. The average Bonchev–Trinajstić information content (AvgIpc) is 3.41. The zero-order chi connectivity index (χ0) is 25.9. The number of aromatic nitrogens is 3. The first-order chi connectivity index (χ1) is 18.0. The molecule has 2 atom stereocenters. The van der Waals surface area contributed by atoms with E-state index in [0.717, 1.165) is 34.0 Å². The molecule has 0 bridgehead atoms. The van der Waals surface area contributed by atoms with Crippen molar-refractivity contribution < 1.29 is 9.47 Å². The van der Waals surface area contributed by atoms with Gasteiger partial charge in [-0.3, -0.25) is 9.97 Å². The molecule has 0 radical (unpaired) electrons. The summed E-state index contributed by atoms with van der Waals surface area (Å²) in [5.74, 6) is 0.605. The number of halogens is 1. The van der Waals surface area contributed by atoms with Gasteiger partial charge in [-0.2, -0.15) is 0 Å². The summed E-state index contributed by atoms with van der Waals surface area (Å²) < 4.78 is 13.1. The second-order valence-electron chi connectivity index (χ2n) is 8.83. The lowest BCUT2D eigenvalue weighted by molar-refractivity contribution is 0.146. The van der Waals surface area contributed by atoms with Crippen LogP contribution in [-0.2, 0) is 4.74 Å². The Hall–Kier alpha value is -3.46. The highest BCUT2D eigenvalue weighted by Gasteiger charge is 2.42. The van der Waals surface area contributed by atoms with Crippen LogP contribution in [0.2, 0.25) is 5.02 Å². The van der Waals surface area contributed by atoms with Gasteiger partial charge >= 0.3 is 0 Å². The number of benzene rings is 1. The predicted molar refractivity (Wildman–Crippen MR) is 150 cm³/mol. The van der Waals surface area contributed by atoms with Gasteiger partial charge in [0, 0.05) is 36.6 Å². The molecule has 190 valence electrons. The topological polar surface area (TPSA) is 64.4 Å². The minimum Gasteiger partial charge on any atom is -0.490 e. The van der Waals surface area contributed by atoms with Gasteiger partial charge in [0.25, 0.3) is 0 Å². The van der Waals surface area contributed by atoms with Crippen molar-refractivity contribution in [2.24, 2.45) is 0 Å². The Balaban J connectivity index is 1.60. The summed E-state index contributed by atoms with van der Waals surface area (Å²) in [6, 6.07) is 17.6. The summed E-state index contributed by atoms with van der Waals surface area (Å²) in [6.07, 6.45) is 5.46. The number of hydrogen-bond donors (Lipinski definition) is 1. The highest BCUT2D eigenvalue weighted by Crippen LogP contribution is 2.44. The Morgan fingerprint density at radius 2 is 1.89 bits per heavy atom. The van der Waals surface area contributed by atoms with Crippen LogP contribution in [0, 0.1) is 13.8 Å². The van der Waals surface area contributed by atoms with Crippen LogP contribution in [0.4, 0.5) is 5.69 Å². The first-order valence-corrected chi connectivity index (χ1v) is 12.8. The minimum absolute atomic E-state index is 0.157. The van der Waals surface area contributed by atoms with E-state index in [1.807, 2.05) is 54.9 Å². The maximum atomic E-state index is 6.64. The Morgan fingerprint density at radius 1 is 1.03 bits per heavy atom. The summed E-state index contributed by atoms with van der Waals surface area (Å²) in [6.45, 7) is 5.14. The van der Waals surface area contributed by atoms with Crippen molar-refractivity contribution in [3.8, 4) is 11.4 Å². The van der Waals surface area contributed by atoms with Crippen LogP contribution >= 0.6 is 23.8 Å². The van der Waals surface area contributed by atoms with E-state index in [2.05, 4.69) is 50.7 Å². The molecule has 37 heavy (non-hydrogen) atoms. The molecule has 3 aromatic heterocycles. The zero-order valence-electron chi connectivity index (χ0n) is 20.9. The first-order valence-electron chi connectivity index (χ1n) is 12.0. The number of ether oxygens (including phenoxy) is 2. The third kappa shape index (κ3) is 4.92. The number of nitrogens with zero attached hydrogens (tertiary/aromatic N) is 4. The number of nitrogens with one attached hydrogen (secondary N) is 1. The molecule has 1 aliphatic heterocycles. The second-order valence-corrected chi connectivity index (χ2v) is 9.62. The van der Waals surface area contributed by atoms with E-state index >= 15 is 0 Å². The van der Waals surface area contributed by atoms with Crippen molar-refractivity contribution in [1.29, 1.82) is 0 Å². The first kappa shape index (κ1) is 25.2. The number of hydrogen-bond acceptors (Lipinski definition) is 5. The van der Waals surface area contributed by atoms with Gasteiger partial charge in [0.1, 0.15) is 12.4 Å². The van der Waals surface area contributed by atoms with E-state index in [4.69, 9.17) is 33.3 Å². The molecule has 0 saturated carbocycles. The molecule has 1 saturated heterocycles. The fourth-order valence-corrected chi connectivity index (χ4v) is 5.49. The molecule has 7 nitrogen and oxygen atoms in total. The van der Waals surface area contributed by atoms with E-state index in [9.17, 15) is 0 Å². The van der Waals surface area contributed by atoms with Crippen LogP contribution in [0.15, 0.2) is 73.2 Å². The van der Waals surface area contributed by atoms with Crippen molar-refractivity contribution in [3.63, 3.8) is 0 Å². The zero-order valence-corrected chi connectivity index (χ0v) is 22.5. The minimum atomic E-state index is -0.159. The molecule has 5 rings (SSSR count).